The van der Waals surface area contributed by atoms with Gasteiger partial charge in [-0.1, -0.05) is 12.1 Å². The van der Waals surface area contributed by atoms with Crippen molar-refractivity contribution in [3.8, 4) is 12.1 Å². The number of fused-ring (bicyclic) bond motifs is 1. The van der Waals surface area contributed by atoms with E-state index in [0.717, 1.165) is 0 Å². The molecule has 0 aliphatic carbocycles. The normalized spacial score (nSPS) is 10.1. The maximum atomic E-state index is 12.4. The van der Waals surface area contributed by atoms with E-state index in [4.69, 9.17) is 10.5 Å². The molecule has 2 aromatic rings. The second-order valence-corrected chi connectivity index (χ2v) is 5.21. The smallest absolute Gasteiger partial charge is 0.261 e. The van der Waals surface area contributed by atoms with Crippen molar-refractivity contribution in [2.45, 2.75) is 25.8 Å². The Morgan fingerprint density at radius 3 is 2.50 bits per heavy atom. The van der Waals surface area contributed by atoms with Crippen LogP contribution in [0.3, 0.4) is 0 Å². The highest BCUT2D eigenvalue weighted by atomic mass is 16.2. The Kier molecular flexibility index (Phi) is 6.04. The molecule has 0 fully saturated rings. The lowest BCUT2D eigenvalue weighted by Gasteiger charge is -2.20. The Balaban J connectivity index is 2.07. The monoisotopic (exact) mass is 323 g/mol. The fraction of sp³-hybridized carbons (Fsp3) is 0.353. The highest BCUT2D eigenvalue weighted by molar-refractivity contribution is 5.77. The zero-order chi connectivity index (χ0) is 17.4. The van der Waals surface area contributed by atoms with Gasteiger partial charge in [-0.3, -0.25) is 14.2 Å². The molecule has 0 saturated heterocycles. The van der Waals surface area contributed by atoms with Gasteiger partial charge in [-0.05, 0) is 12.1 Å². The van der Waals surface area contributed by atoms with Gasteiger partial charge in [-0.25, -0.2) is 4.98 Å². The summed E-state index contributed by atoms with van der Waals surface area (Å²) in [5.41, 5.74) is 0.434. The topological polar surface area (TPSA) is 103 Å². The molecule has 0 aliphatic rings. The minimum Gasteiger partial charge on any atom is -0.341 e. The third-order valence-electron chi connectivity index (χ3n) is 3.64. The molecule has 24 heavy (non-hydrogen) atoms. The Morgan fingerprint density at radius 1 is 1.17 bits per heavy atom. The summed E-state index contributed by atoms with van der Waals surface area (Å²) in [5.74, 6) is -0.180. The van der Waals surface area contributed by atoms with E-state index in [0.29, 0.717) is 24.0 Å². The lowest BCUT2D eigenvalue weighted by atomic mass is 10.2. The number of nitrogens with zero attached hydrogens (tertiary/aromatic N) is 5. The molecule has 7 heteroatoms. The first kappa shape index (κ1) is 17.2. The van der Waals surface area contributed by atoms with Crippen LogP contribution in [0.4, 0.5) is 0 Å². The zero-order valence-corrected chi connectivity index (χ0v) is 13.2. The van der Waals surface area contributed by atoms with E-state index >= 15 is 0 Å². The van der Waals surface area contributed by atoms with Gasteiger partial charge < -0.3 is 4.90 Å². The van der Waals surface area contributed by atoms with Crippen molar-refractivity contribution in [2.75, 3.05) is 13.1 Å². The molecule has 7 nitrogen and oxygen atoms in total. The number of carbonyl (C=O) groups is 1. The van der Waals surface area contributed by atoms with Crippen molar-refractivity contribution < 1.29 is 4.79 Å². The van der Waals surface area contributed by atoms with Crippen LogP contribution in [0.15, 0.2) is 35.4 Å². The van der Waals surface area contributed by atoms with Gasteiger partial charge in [-0.15, -0.1) is 0 Å². The van der Waals surface area contributed by atoms with Crippen LogP contribution in [0.5, 0.6) is 0 Å². The standard InChI is InChI=1S/C17H17N5O2/c18-8-3-10-21(11-4-9-19)16(23)7-12-22-13-20-15-6-2-1-5-14(15)17(22)24/h1-2,5-6,13H,3-4,7,10-12H2. The van der Waals surface area contributed by atoms with Crippen LogP contribution in [-0.2, 0) is 11.3 Å². The summed E-state index contributed by atoms with van der Waals surface area (Å²) in [6.45, 7) is 0.800. The average Bonchev–Trinajstić information content (AvgIpc) is 2.61. The summed E-state index contributed by atoms with van der Waals surface area (Å²) in [5, 5.41) is 17.8. The fourth-order valence-electron chi connectivity index (χ4n) is 2.37. The molecule has 1 aromatic heterocycles. The lowest BCUT2D eigenvalue weighted by Crippen LogP contribution is -2.34. The molecule has 0 bridgehead atoms. The van der Waals surface area contributed by atoms with E-state index in [1.807, 2.05) is 18.2 Å². The number of nitriles is 2. The number of benzene rings is 1. The fourth-order valence-corrected chi connectivity index (χ4v) is 2.37. The van der Waals surface area contributed by atoms with Crippen molar-refractivity contribution in [1.29, 1.82) is 10.5 Å². The summed E-state index contributed by atoms with van der Waals surface area (Å²) in [6, 6.07) is 11.0. The summed E-state index contributed by atoms with van der Waals surface area (Å²) >= 11 is 0. The van der Waals surface area contributed by atoms with E-state index in [2.05, 4.69) is 4.98 Å². The predicted octanol–water partition coefficient (Wildman–Crippen LogP) is 1.44. The second kappa shape index (κ2) is 8.44. The molecule has 0 unspecified atom stereocenters. The molecular formula is C17H17N5O2. The minimum atomic E-state index is -0.186. The van der Waals surface area contributed by atoms with Crippen LogP contribution in [0.2, 0.25) is 0 Å². The van der Waals surface area contributed by atoms with Gasteiger partial charge in [0.05, 0.1) is 42.2 Å². The number of para-hydroxylation sites is 1. The first-order valence-corrected chi connectivity index (χ1v) is 7.63. The highest BCUT2D eigenvalue weighted by Crippen LogP contribution is 2.05. The largest absolute Gasteiger partial charge is 0.341 e. The Hall–Kier alpha value is -3.19. The minimum absolute atomic E-state index is 0.122. The third kappa shape index (κ3) is 4.17. The van der Waals surface area contributed by atoms with Gasteiger partial charge >= 0.3 is 0 Å². The van der Waals surface area contributed by atoms with E-state index in [-0.39, 0.29) is 37.3 Å². The first-order valence-electron chi connectivity index (χ1n) is 7.63. The average molecular weight is 323 g/mol. The van der Waals surface area contributed by atoms with Gasteiger partial charge in [0.2, 0.25) is 5.91 Å². The van der Waals surface area contributed by atoms with Crippen molar-refractivity contribution >= 4 is 16.8 Å². The Bertz CT molecular complexity index is 842. The molecule has 0 spiro atoms. The van der Waals surface area contributed by atoms with Gasteiger partial charge in [-0.2, -0.15) is 10.5 Å². The molecule has 2 rings (SSSR count). The van der Waals surface area contributed by atoms with Crippen LogP contribution in [0, 0.1) is 22.7 Å². The summed E-state index contributed by atoms with van der Waals surface area (Å²) in [4.78, 5) is 30.3. The van der Waals surface area contributed by atoms with Gasteiger partial charge in [0.25, 0.3) is 5.56 Å². The maximum absolute atomic E-state index is 12.4. The van der Waals surface area contributed by atoms with Crippen molar-refractivity contribution in [2.24, 2.45) is 0 Å². The molecule has 0 radical (unpaired) electrons. The van der Waals surface area contributed by atoms with Crippen LogP contribution < -0.4 is 5.56 Å². The molecule has 1 aromatic carbocycles. The first-order chi connectivity index (χ1) is 11.7. The molecule has 1 heterocycles. The summed E-state index contributed by atoms with van der Waals surface area (Å²) in [7, 11) is 0. The van der Waals surface area contributed by atoms with Crippen molar-refractivity contribution in [1.82, 2.24) is 14.5 Å². The number of hydrogen-bond donors (Lipinski definition) is 0. The summed E-state index contributed by atoms with van der Waals surface area (Å²) in [6.07, 6.45) is 1.99. The third-order valence-corrected chi connectivity index (χ3v) is 3.64. The van der Waals surface area contributed by atoms with E-state index in [1.165, 1.54) is 15.8 Å². The van der Waals surface area contributed by atoms with E-state index in [9.17, 15) is 9.59 Å². The van der Waals surface area contributed by atoms with Crippen LogP contribution in [0.25, 0.3) is 10.9 Å². The number of rotatable bonds is 7. The summed E-state index contributed by atoms with van der Waals surface area (Å²) < 4.78 is 1.41. The van der Waals surface area contributed by atoms with E-state index < -0.39 is 0 Å². The van der Waals surface area contributed by atoms with Crippen LogP contribution in [-0.4, -0.2) is 33.4 Å². The van der Waals surface area contributed by atoms with Gasteiger partial charge in [0.15, 0.2) is 0 Å². The van der Waals surface area contributed by atoms with Gasteiger partial charge in [0, 0.05) is 26.1 Å². The van der Waals surface area contributed by atoms with Crippen molar-refractivity contribution in [3.63, 3.8) is 0 Å². The SMILES string of the molecule is N#CCCN(CCC#N)C(=O)CCn1cnc2ccccc2c1=O. The molecule has 1 amide bonds. The predicted molar refractivity (Wildman–Crippen MR) is 87.7 cm³/mol. The van der Waals surface area contributed by atoms with Crippen molar-refractivity contribution in [3.05, 3.63) is 40.9 Å². The van der Waals surface area contributed by atoms with E-state index in [1.54, 1.807) is 18.2 Å². The van der Waals surface area contributed by atoms with Crippen LogP contribution in [0.1, 0.15) is 19.3 Å². The van der Waals surface area contributed by atoms with Gasteiger partial charge in [0.1, 0.15) is 0 Å². The number of carbonyl (C=O) groups excluding carboxylic acids is 1. The Labute approximate surface area is 139 Å². The lowest BCUT2D eigenvalue weighted by molar-refractivity contribution is -0.131. The second-order valence-electron chi connectivity index (χ2n) is 5.21. The molecule has 0 atom stereocenters. The zero-order valence-electron chi connectivity index (χ0n) is 13.2. The number of amides is 1. The Morgan fingerprint density at radius 2 is 1.83 bits per heavy atom. The number of aromatic nitrogens is 2. The number of hydrogen-bond acceptors (Lipinski definition) is 5. The molecule has 0 saturated carbocycles. The molecule has 0 aliphatic heterocycles. The maximum Gasteiger partial charge on any atom is 0.261 e. The molecule has 122 valence electrons. The molecular weight excluding hydrogens is 306 g/mol. The molecule has 0 N–H and O–H groups in total. The quantitative estimate of drug-likeness (QED) is 0.767. The number of aryl methyl sites for hydroxylation is 1. The highest BCUT2D eigenvalue weighted by Gasteiger charge is 2.13. The van der Waals surface area contributed by atoms with Crippen LogP contribution >= 0.6 is 0 Å².